The molecule has 0 atom stereocenters. The van der Waals surface area contributed by atoms with E-state index in [1.165, 1.54) is 12.1 Å². The fourth-order valence-corrected chi connectivity index (χ4v) is 1.01. The van der Waals surface area contributed by atoms with E-state index in [-0.39, 0.29) is 22.8 Å². The van der Waals surface area contributed by atoms with Gasteiger partial charge in [-0.3, -0.25) is 10.1 Å². The number of hydrogen-bond acceptors (Lipinski definition) is 5. The molecule has 0 aliphatic heterocycles. The Balaban J connectivity index is 3.24. The molecule has 0 unspecified atom stereocenters. The van der Waals surface area contributed by atoms with Gasteiger partial charge in [0.2, 0.25) is 0 Å². The van der Waals surface area contributed by atoms with E-state index in [0.717, 1.165) is 0 Å². The number of ether oxygens (including phenoxy) is 1. The number of nitro groups is 1. The smallest absolute Gasteiger partial charge is 0.313 e. The molecule has 0 saturated carbocycles. The summed E-state index contributed by atoms with van der Waals surface area (Å²) in [5, 5.41) is 10.6. The summed E-state index contributed by atoms with van der Waals surface area (Å²) in [5.74, 6) is 0.143. The molecular weight excluding hydrogens is 186 g/mol. The van der Waals surface area contributed by atoms with Crippen molar-refractivity contribution in [1.82, 2.24) is 0 Å². The quantitative estimate of drug-likeness (QED) is 0.429. The fourth-order valence-electron chi connectivity index (χ4n) is 1.01. The van der Waals surface area contributed by atoms with Crippen molar-refractivity contribution in [3.8, 4) is 5.75 Å². The molecule has 0 aliphatic rings. The fraction of sp³-hybridized carbons (Fsp3) is 0.250. The molecular formula is C8H11N3O3. The zero-order valence-corrected chi connectivity index (χ0v) is 7.69. The van der Waals surface area contributed by atoms with Gasteiger partial charge in [-0.05, 0) is 6.92 Å². The van der Waals surface area contributed by atoms with Crippen molar-refractivity contribution in [1.29, 1.82) is 0 Å². The second-order valence-electron chi connectivity index (χ2n) is 2.64. The Labute approximate surface area is 80.6 Å². The van der Waals surface area contributed by atoms with E-state index in [2.05, 4.69) is 0 Å². The molecule has 4 N–H and O–H groups in total. The molecule has 76 valence electrons. The highest BCUT2D eigenvalue weighted by atomic mass is 16.6. The summed E-state index contributed by atoms with van der Waals surface area (Å²) in [6.07, 6.45) is 0. The monoisotopic (exact) mass is 197 g/mol. The summed E-state index contributed by atoms with van der Waals surface area (Å²) in [5.41, 5.74) is 11.2. The van der Waals surface area contributed by atoms with Crippen LogP contribution in [-0.4, -0.2) is 11.5 Å². The van der Waals surface area contributed by atoms with Crippen LogP contribution in [-0.2, 0) is 0 Å². The van der Waals surface area contributed by atoms with Crippen molar-refractivity contribution in [2.24, 2.45) is 0 Å². The van der Waals surface area contributed by atoms with Crippen LogP contribution in [0.15, 0.2) is 12.1 Å². The molecule has 1 aromatic rings. The van der Waals surface area contributed by atoms with Crippen LogP contribution in [0.3, 0.4) is 0 Å². The zero-order valence-electron chi connectivity index (χ0n) is 7.69. The molecule has 0 saturated heterocycles. The molecule has 0 aromatic heterocycles. The number of nitrogen functional groups attached to an aromatic ring is 2. The van der Waals surface area contributed by atoms with Gasteiger partial charge < -0.3 is 16.2 Å². The molecule has 0 fully saturated rings. The van der Waals surface area contributed by atoms with Crippen LogP contribution in [0, 0.1) is 10.1 Å². The van der Waals surface area contributed by atoms with E-state index in [0.29, 0.717) is 6.61 Å². The van der Waals surface area contributed by atoms with Crippen molar-refractivity contribution < 1.29 is 9.66 Å². The maximum absolute atomic E-state index is 10.6. The predicted octanol–water partition coefficient (Wildman–Crippen LogP) is 1.16. The first-order valence-electron chi connectivity index (χ1n) is 4.02. The third-order valence-electron chi connectivity index (χ3n) is 1.66. The van der Waals surface area contributed by atoms with Crippen molar-refractivity contribution in [3.63, 3.8) is 0 Å². The van der Waals surface area contributed by atoms with E-state index in [1.807, 2.05) is 0 Å². The zero-order chi connectivity index (χ0) is 10.7. The van der Waals surface area contributed by atoms with Crippen LogP contribution in [0.25, 0.3) is 0 Å². The molecule has 0 heterocycles. The summed E-state index contributed by atoms with van der Waals surface area (Å²) < 4.78 is 5.06. The number of hydrogen-bond donors (Lipinski definition) is 2. The summed E-state index contributed by atoms with van der Waals surface area (Å²) in [6.45, 7) is 2.07. The van der Waals surface area contributed by atoms with E-state index in [9.17, 15) is 10.1 Å². The predicted molar refractivity (Wildman–Crippen MR) is 53.1 cm³/mol. The minimum atomic E-state index is -0.555. The maximum atomic E-state index is 10.6. The van der Waals surface area contributed by atoms with Crippen LogP contribution in [0.1, 0.15) is 6.92 Å². The minimum absolute atomic E-state index is 0.143. The summed E-state index contributed by atoms with van der Waals surface area (Å²) in [4.78, 5) is 10.0. The molecule has 1 rings (SSSR count). The molecule has 0 radical (unpaired) electrons. The van der Waals surface area contributed by atoms with Gasteiger partial charge in [-0.15, -0.1) is 0 Å². The van der Waals surface area contributed by atoms with Gasteiger partial charge in [0.05, 0.1) is 22.9 Å². The van der Waals surface area contributed by atoms with E-state index >= 15 is 0 Å². The Morgan fingerprint density at radius 1 is 1.43 bits per heavy atom. The van der Waals surface area contributed by atoms with Crippen LogP contribution >= 0.6 is 0 Å². The lowest BCUT2D eigenvalue weighted by Crippen LogP contribution is -2.01. The Morgan fingerprint density at radius 2 is 2.00 bits per heavy atom. The van der Waals surface area contributed by atoms with Gasteiger partial charge in [-0.25, -0.2) is 0 Å². The first-order valence-corrected chi connectivity index (χ1v) is 4.02. The Bertz CT molecular complexity index is 365. The molecule has 6 heteroatoms. The Kier molecular flexibility index (Phi) is 2.76. The minimum Gasteiger partial charge on any atom is -0.487 e. The van der Waals surface area contributed by atoms with Crippen molar-refractivity contribution in [2.75, 3.05) is 18.1 Å². The second kappa shape index (κ2) is 3.82. The number of rotatable bonds is 3. The van der Waals surface area contributed by atoms with Crippen LogP contribution < -0.4 is 16.2 Å². The Morgan fingerprint density at radius 3 is 2.50 bits per heavy atom. The standard InChI is InChI=1S/C8H11N3O3/c1-2-14-8-4-6(10)5(9)3-7(8)11(12)13/h3-4H,2,9-10H2,1H3. The normalized spacial score (nSPS) is 9.79. The van der Waals surface area contributed by atoms with Gasteiger partial charge in [-0.1, -0.05) is 0 Å². The van der Waals surface area contributed by atoms with Gasteiger partial charge in [-0.2, -0.15) is 0 Å². The molecule has 0 aliphatic carbocycles. The number of nitrogens with two attached hydrogens (primary N) is 2. The highest BCUT2D eigenvalue weighted by molar-refractivity contribution is 5.71. The summed E-state index contributed by atoms with van der Waals surface area (Å²) in [6, 6.07) is 2.55. The molecule has 0 amide bonds. The number of nitrogens with zero attached hydrogens (tertiary/aromatic N) is 1. The molecule has 14 heavy (non-hydrogen) atoms. The van der Waals surface area contributed by atoms with Gasteiger partial charge in [0.25, 0.3) is 0 Å². The van der Waals surface area contributed by atoms with E-state index in [4.69, 9.17) is 16.2 Å². The van der Waals surface area contributed by atoms with Crippen LogP contribution in [0.2, 0.25) is 0 Å². The summed E-state index contributed by atoms with van der Waals surface area (Å²) >= 11 is 0. The molecule has 6 nitrogen and oxygen atoms in total. The Hall–Kier alpha value is -1.98. The highest BCUT2D eigenvalue weighted by Crippen LogP contribution is 2.33. The van der Waals surface area contributed by atoms with E-state index in [1.54, 1.807) is 6.92 Å². The second-order valence-corrected chi connectivity index (χ2v) is 2.64. The van der Waals surface area contributed by atoms with Crippen molar-refractivity contribution >= 4 is 17.1 Å². The largest absolute Gasteiger partial charge is 0.487 e. The van der Waals surface area contributed by atoms with Crippen molar-refractivity contribution in [3.05, 3.63) is 22.2 Å². The van der Waals surface area contributed by atoms with Gasteiger partial charge in [0.1, 0.15) is 0 Å². The average molecular weight is 197 g/mol. The molecule has 0 spiro atoms. The van der Waals surface area contributed by atoms with Gasteiger partial charge in [0, 0.05) is 12.1 Å². The SMILES string of the molecule is CCOc1cc(N)c(N)cc1[N+](=O)[O-]. The van der Waals surface area contributed by atoms with Crippen molar-refractivity contribution in [2.45, 2.75) is 6.92 Å². The first kappa shape index (κ1) is 10.1. The lowest BCUT2D eigenvalue weighted by molar-refractivity contribution is -0.385. The average Bonchev–Trinajstić information content (AvgIpc) is 2.11. The lowest BCUT2D eigenvalue weighted by atomic mass is 10.2. The topological polar surface area (TPSA) is 104 Å². The van der Waals surface area contributed by atoms with E-state index < -0.39 is 4.92 Å². The molecule has 1 aromatic carbocycles. The third-order valence-corrected chi connectivity index (χ3v) is 1.66. The van der Waals surface area contributed by atoms with Crippen LogP contribution in [0.4, 0.5) is 17.1 Å². The lowest BCUT2D eigenvalue weighted by Gasteiger charge is -2.06. The molecule has 0 bridgehead atoms. The first-order chi connectivity index (χ1) is 6.56. The highest BCUT2D eigenvalue weighted by Gasteiger charge is 2.16. The summed E-state index contributed by atoms with van der Waals surface area (Å²) in [7, 11) is 0. The number of anilines is 2. The number of benzene rings is 1. The van der Waals surface area contributed by atoms with Crippen LogP contribution in [0.5, 0.6) is 5.75 Å². The number of nitro benzene ring substituents is 1. The van der Waals surface area contributed by atoms with Gasteiger partial charge in [0.15, 0.2) is 5.75 Å². The third kappa shape index (κ3) is 1.85. The van der Waals surface area contributed by atoms with Gasteiger partial charge >= 0.3 is 5.69 Å². The maximum Gasteiger partial charge on any atom is 0.313 e.